The molecule has 0 aliphatic heterocycles. The van der Waals surface area contributed by atoms with Crippen molar-refractivity contribution in [3.63, 3.8) is 0 Å². The Kier molecular flexibility index (Phi) is 3.98. The highest BCUT2D eigenvalue weighted by molar-refractivity contribution is 7.86. The lowest BCUT2D eigenvalue weighted by atomic mass is 10.1. The highest BCUT2D eigenvalue weighted by Crippen LogP contribution is 2.30. The first-order valence-electron chi connectivity index (χ1n) is 3.22. The van der Waals surface area contributed by atoms with Crippen LogP contribution in [-0.4, -0.2) is 26.4 Å². The zero-order valence-electron chi connectivity index (χ0n) is 6.51. The Balaban J connectivity index is 4.50. The molecule has 0 saturated heterocycles. The van der Waals surface area contributed by atoms with Gasteiger partial charge in [-0.1, -0.05) is 0 Å². The summed E-state index contributed by atoms with van der Waals surface area (Å²) in [7, 11) is -5.13. The van der Waals surface area contributed by atoms with E-state index in [0.717, 1.165) is 0 Å². The second-order valence-electron chi connectivity index (χ2n) is 2.43. The van der Waals surface area contributed by atoms with Crippen molar-refractivity contribution in [2.45, 2.75) is 12.6 Å². The second-order valence-corrected chi connectivity index (χ2v) is 3.92. The van der Waals surface area contributed by atoms with Crippen LogP contribution in [0, 0.1) is 5.92 Å². The second kappa shape index (κ2) is 4.20. The van der Waals surface area contributed by atoms with Crippen molar-refractivity contribution >= 4 is 16.3 Å². The number of hydrogen-bond acceptors (Lipinski definition) is 3. The molecule has 0 saturated carbocycles. The van der Waals surface area contributed by atoms with E-state index in [9.17, 15) is 34.7 Å². The molecule has 0 N–H and O–H groups in total. The van der Waals surface area contributed by atoms with E-state index in [1.807, 2.05) is 0 Å². The van der Waals surface area contributed by atoms with Crippen LogP contribution in [0.25, 0.3) is 0 Å². The molecule has 0 bridgehead atoms. The van der Waals surface area contributed by atoms with Gasteiger partial charge in [-0.3, -0.25) is 4.79 Å². The van der Waals surface area contributed by atoms with Crippen LogP contribution in [0.15, 0.2) is 0 Å². The molecular formula is C5H5F5O3S. The minimum Gasteiger partial charge on any atom is -0.260 e. The lowest BCUT2D eigenvalue weighted by molar-refractivity contribution is -0.188. The third kappa shape index (κ3) is 5.10. The molecule has 9 heteroatoms. The normalized spacial score (nSPS) is 15.2. The largest absolute Gasteiger partial charge is 0.401 e. The average molecular weight is 240 g/mol. The number of carbonyl (C=O) groups is 1. The summed E-state index contributed by atoms with van der Waals surface area (Å²) in [5.74, 6) is -4.61. The van der Waals surface area contributed by atoms with Crippen LogP contribution in [0.3, 0.4) is 0 Å². The zero-order valence-corrected chi connectivity index (χ0v) is 7.33. The molecule has 0 spiro atoms. The molecule has 0 fully saturated rings. The lowest BCUT2D eigenvalue weighted by Crippen LogP contribution is -2.30. The predicted octanol–water partition coefficient (Wildman–Crippen LogP) is 1.35. The van der Waals surface area contributed by atoms with Crippen molar-refractivity contribution in [1.82, 2.24) is 0 Å². The summed E-state index contributed by atoms with van der Waals surface area (Å²) in [5.41, 5.74) is 0. The van der Waals surface area contributed by atoms with Crippen LogP contribution < -0.4 is 0 Å². The van der Waals surface area contributed by atoms with Crippen LogP contribution in [0.1, 0.15) is 6.42 Å². The number of alkyl halides is 3. The van der Waals surface area contributed by atoms with Crippen molar-refractivity contribution in [2.75, 3.05) is 5.75 Å². The number of hydrogen-bond donors (Lipinski definition) is 0. The van der Waals surface area contributed by atoms with Crippen molar-refractivity contribution in [2.24, 2.45) is 5.92 Å². The van der Waals surface area contributed by atoms with Gasteiger partial charge in [0.05, 0.1) is 5.75 Å². The first-order chi connectivity index (χ1) is 6.04. The molecule has 0 heterocycles. The van der Waals surface area contributed by atoms with Gasteiger partial charge in [-0.15, -0.1) is 3.89 Å². The van der Waals surface area contributed by atoms with Gasteiger partial charge in [0.25, 0.3) is 0 Å². The van der Waals surface area contributed by atoms with Gasteiger partial charge in [0, 0.05) is 0 Å². The number of rotatable bonds is 4. The van der Waals surface area contributed by atoms with Gasteiger partial charge in [0.1, 0.15) is 5.92 Å². The number of carbonyl (C=O) groups excluding carboxylic acids is 1. The zero-order chi connectivity index (χ0) is 11.6. The van der Waals surface area contributed by atoms with Gasteiger partial charge in [-0.05, 0) is 6.42 Å². The van der Waals surface area contributed by atoms with E-state index in [1.54, 1.807) is 0 Å². The molecule has 0 aromatic rings. The smallest absolute Gasteiger partial charge is 0.260 e. The highest BCUT2D eigenvalue weighted by Gasteiger charge is 2.45. The maximum Gasteiger partial charge on any atom is 0.401 e. The van der Waals surface area contributed by atoms with Crippen LogP contribution in [0.4, 0.5) is 21.4 Å². The van der Waals surface area contributed by atoms with E-state index < -0.39 is 40.5 Å². The molecule has 0 aromatic carbocycles. The van der Waals surface area contributed by atoms with Crippen LogP contribution in [0.5, 0.6) is 0 Å². The molecule has 0 aliphatic carbocycles. The summed E-state index contributed by atoms with van der Waals surface area (Å²) in [6, 6.07) is -2.72. The molecule has 14 heavy (non-hydrogen) atoms. The minimum atomic E-state index is -5.20. The summed E-state index contributed by atoms with van der Waals surface area (Å²) in [6.07, 6.45) is -6.64. The maximum atomic E-state index is 11.8. The van der Waals surface area contributed by atoms with Crippen molar-refractivity contribution in [3.05, 3.63) is 0 Å². The Bertz CT molecular complexity index is 306. The Morgan fingerprint density at radius 2 is 1.71 bits per heavy atom. The van der Waals surface area contributed by atoms with Crippen LogP contribution in [-0.2, 0) is 15.0 Å². The molecule has 0 rings (SSSR count). The first kappa shape index (κ1) is 13.3. The minimum absolute atomic E-state index is 1.45. The Hall–Kier alpha value is -0.730. The summed E-state index contributed by atoms with van der Waals surface area (Å²) in [6.45, 7) is 0. The molecule has 84 valence electrons. The Morgan fingerprint density at radius 1 is 1.29 bits per heavy atom. The van der Waals surface area contributed by atoms with Gasteiger partial charge in [0.2, 0.25) is 0 Å². The van der Waals surface area contributed by atoms with E-state index in [2.05, 4.69) is 0 Å². The summed E-state index contributed by atoms with van der Waals surface area (Å²) in [5, 5.41) is 0. The summed E-state index contributed by atoms with van der Waals surface area (Å²) >= 11 is 0. The van der Waals surface area contributed by atoms with Crippen molar-refractivity contribution in [3.8, 4) is 0 Å². The van der Waals surface area contributed by atoms with Gasteiger partial charge < -0.3 is 0 Å². The highest BCUT2D eigenvalue weighted by atomic mass is 32.3. The van der Waals surface area contributed by atoms with Crippen molar-refractivity contribution in [1.29, 1.82) is 0 Å². The van der Waals surface area contributed by atoms with E-state index in [1.165, 1.54) is 0 Å². The Morgan fingerprint density at radius 3 is 1.93 bits per heavy atom. The molecule has 1 atom stereocenters. The van der Waals surface area contributed by atoms with Gasteiger partial charge in [0.15, 0.2) is 0 Å². The fourth-order valence-electron chi connectivity index (χ4n) is 0.664. The van der Waals surface area contributed by atoms with Crippen LogP contribution >= 0.6 is 0 Å². The molecule has 0 amide bonds. The third-order valence-electron chi connectivity index (χ3n) is 1.32. The SMILES string of the molecule is O=C(F)C(CCS(=O)(=O)F)C(F)(F)F. The average Bonchev–Trinajstić information content (AvgIpc) is 1.79. The monoisotopic (exact) mass is 240 g/mol. The fraction of sp³-hybridized carbons (Fsp3) is 0.800. The fourth-order valence-corrected chi connectivity index (χ4v) is 1.18. The molecule has 3 nitrogen and oxygen atoms in total. The maximum absolute atomic E-state index is 11.8. The van der Waals surface area contributed by atoms with Gasteiger partial charge in [-0.2, -0.15) is 26.0 Å². The predicted molar refractivity (Wildman–Crippen MR) is 35.2 cm³/mol. The van der Waals surface area contributed by atoms with Crippen molar-refractivity contribution < 1.29 is 34.7 Å². The van der Waals surface area contributed by atoms with E-state index in [-0.39, 0.29) is 0 Å². The van der Waals surface area contributed by atoms with Gasteiger partial charge in [-0.25, -0.2) is 0 Å². The first-order valence-corrected chi connectivity index (χ1v) is 4.77. The molecule has 0 aromatic heterocycles. The summed E-state index contributed by atoms with van der Waals surface area (Å²) < 4.78 is 78.5. The van der Waals surface area contributed by atoms with Gasteiger partial charge >= 0.3 is 22.4 Å². The number of halogens is 5. The molecule has 0 radical (unpaired) electrons. The Labute approximate surface area is 76.1 Å². The third-order valence-corrected chi connectivity index (χ3v) is 2.04. The van der Waals surface area contributed by atoms with Crippen LogP contribution in [0.2, 0.25) is 0 Å². The van der Waals surface area contributed by atoms with E-state index in [0.29, 0.717) is 0 Å². The standard InChI is InChI=1S/C5H5F5O3S/c6-4(11)3(5(7,8)9)1-2-14(10,12)13/h3H,1-2H2. The summed E-state index contributed by atoms with van der Waals surface area (Å²) in [4.78, 5) is 9.80. The van der Waals surface area contributed by atoms with E-state index >= 15 is 0 Å². The topological polar surface area (TPSA) is 51.2 Å². The quantitative estimate of drug-likeness (QED) is 0.550. The van der Waals surface area contributed by atoms with E-state index in [4.69, 9.17) is 0 Å². The molecule has 0 aliphatic rings. The molecular weight excluding hydrogens is 235 g/mol. The lowest BCUT2D eigenvalue weighted by Gasteiger charge is -2.13. The molecule has 1 unspecified atom stereocenters.